The standard InChI is InChI=1S/2C6H8N2/c2*7-4-5-2-1-3-6(5)8/h1-3,8H2;5,8H,1-3H2. The van der Waals surface area contributed by atoms with Crippen LogP contribution in [0.3, 0.4) is 0 Å². The van der Waals surface area contributed by atoms with Crippen LogP contribution in [0.4, 0.5) is 0 Å². The molecule has 0 saturated heterocycles. The lowest BCUT2D eigenvalue weighted by Gasteiger charge is -1.91. The molecule has 2 rings (SSSR count). The average molecular weight is 216 g/mol. The molecule has 0 amide bonds. The predicted molar refractivity (Wildman–Crippen MR) is 61.4 cm³/mol. The molecule has 1 fully saturated rings. The molecule has 4 nitrogen and oxygen atoms in total. The van der Waals surface area contributed by atoms with Crippen molar-refractivity contribution >= 4 is 5.71 Å². The molecular formula is C12H16N4. The van der Waals surface area contributed by atoms with Gasteiger partial charge in [0.15, 0.2) is 0 Å². The van der Waals surface area contributed by atoms with E-state index in [0.717, 1.165) is 49.8 Å². The van der Waals surface area contributed by atoms with Crippen molar-refractivity contribution < 1.29 is 0 Å². The highest BCUT2D eigenvalue weighted by Crippen LogP contribution is 2.20. The largest absolute Gasteiger partial charge is 0.401 e. The zero-order valence-corrected chi connectivity index (χ0v) is 9.29. The molecule has 0 spiro atoms. The van der Waals surface area contributed by atoms with Gasteiger partial charge in [0.2, 0.25) is 0 Å². The first-order chi connectivity index (χ1) is 7.69. The summed E-state index contributed by atoms with van der Waals surface area (Å²) < 4.78 is 0. The Labute approximate surface area is 95.9 Å². The van der Waals surface area contributed by atoms with Crippen LogP contribution in [0, 0.1) is 34.0 Å². The molecule has 1 unspecified atom stereocenters. The number of nitrogens with zero attached hydrogens (tertiary/aromatic N) is 2. The summed E-state index contributed by atoms with van der Waals surface area (Å²) in [5.74, 6) is -0.0463. The van der Waals surface area contributed by atoms with Crippen LogP contribution in [-0.2, 0) is 0 Å². The molecule has 2 aliphatic carbocycles. The van der Waals surface area contributed by atoms with Crippen LogP contribution < -0.4 is 5.73 Å². The van der Waals surface area contributed by atoms with E-state index in [4.69, 9.17) is 21.7 Å². The molecule has 1 saturated carbocycles. The van der Waals surface area contributed by atoms with E-state index in [1.165, 1.54) is 0 Å². The molecule has 0 aliphatic heterocycles. The van der Waals surface area contributed by atoms with E-state index in [2.05, 4.69) is 12.1 Å². The third-order valence-electron chi connectivity index (χ3n) is 2.91. The van der Waals surface area contributed by atoms with Crippen LogP contribution in [0.15, 0.2) is 11.3 Å². The quantitative estimate of drug-likeness (QED) is 0.649. The van der Waals surface area contributed by atoms with E-state index in [1.54, 1.807) is 0 Å². The number of nitrogens with two attached hydrogens (primary N) is 1. The van der Waals surface area contributed by atoms with Gasteiger partial charge in [-0.05, 0) is 38.5 Å². The van der Waals surface area contributed by atoms with E-state index in [9.17, 15) is 0 Å². The molecule has 3 N–H and O–H groups in total. The summed E-state index contributed by atoms with van der Waals surface area (Å²) in [5, 5.41) is 23.9. The van der Waals surface area contributed by atoms with Gasteiger partial charge in [-0.3, -0.25) is 0 Å². The summed E-state index contributed by atoms with van der Waals surface area (Å²) in [6, 6.07) is 4.16. The van der Waals surface area contributed by atoms with Gasteiger partial charge in [-0.25, -0.2) is 0 Å². The molecule has 0 radical (unpaired) electrons. The van der Waals surface area contributed by atoms with Crippen LogP contribution in [0.1, 0.15) is 38.5 Å². The highest BCUT2D eigenvalue weighted by molar-refractivity contribution is 5.87. The van der Waals surface area contributed by atoms with E-state index in [1.807, 2.05) is 0 Å². The van der Waals surface area contributed by atoms with Crippen molar-refractivity contribution in [2.45, 2.75) is 38.5 Å². The van der Waals surface area contributed by atoms with Gasteiger partial charge in [0.25, 0.3) is 0 Å². The fourth-order valence-electron chi connectivity index (χ4n) is 1.88. The van der Waals surface area contributed by atoms with Crippen LogP contribution in [0.2, 0.25) is 0 Å². The number of hydrogen-bond donors (Lipinski definition) is 2. The SMILES string of the molecule is N#CC1=C(N)CCC1.N#CC1CCCC1=N. The fourth-order valence-corrected chi connectivity index (χ4v) is 1.88. The van der Waals surface area contributed by atoms with Crippen LogP contribution in [-0.4, -0.2) is 5.71 Å². The summed E-state index contributed by atoms with van der Waals surface area (Å²) in [5.41, 5.74) is 7.67. The average Bonchev–Trinajstić information content (AvgIpc) is 2.87. The summed E-state index contributed by atoms with van der Waals surface area (Å²) in [6.07, 6.45) is 5.67. The third kappa shape index (κ3) is 3.10. The van der Waals surface area contributed by atoms with Crippen molar-refractivity contribution in [2.24, 2.45) is 11.7 Å². The Kier molecular flexibility index (Phi) is 4.54. The summed E-state index contributed by atoms with van der Waals surface area (Å²) in [7, 11) is 0. The lowest BCUT2D eigenvalue weighted by atomic mass is 10.1. The number of hydrogen-bond acceptors (Lipinski definition) is 4. The maximum atomic E-state index is 8.35. The second-order valence-corrected chi connectivity index (χ2v) is 4.07. The molecule has 0 aromatic heterocycles. The minimum atomic E-state index is -0.0463. The normalized spacial score (nSPS) is 23.4. The Balaban J connectivity index is 0.000000160. The molecule has 84 valence electrons. The van der Waals surface area contributed by atoms with Crippen molar-refractivity contribution in [3.63, 3.8) is 0 Å². The van der Waals surface area contributed by atoms with Crippen molar-refractivity contribution in [1.29, 1.82) is 15.9 Å². The summed E-state index contributed by atoms with van der Waals surface area (Å²) in [6.45, 7) is 0. The maximum Gasteiger partial charge on any atom is 0.0965 e. The lowest BCUT2D eigenvalue weighted by Crippen LogP contribution is -2.00. The van der Waals surface area contributed by atoms with Gasteiger partial charge in [0, 0.05) is 17.0 Å². The number of nitriles is 2. The number of allylic oxidation sites excluding steroid dienone is 2. The Morgan fingerprint density at radius 3 is 2.19 bits per heavy atom. The molecule has 4 heteroatoms. The molecule has 0 aromatic carbocycles. The molecular weight excluding hydrogens is 200 g/mol. The van der Waals surface area contributed by atoms with Crippen molar-refractivity contribution in [2.75, 3.05) is 0 Å². The summed E-state index contributed by atoms with van der Waals surface area (Å²) >= 11 is 0. The van der Waals surface area contributed by atoms with Crippen LogP contribution in [0.25, 0.3) is 0 Å². The summed E-state index contributed by atoms with van der Waals surface area (Å²) in [4.78, 5) is 0. The maximum absolute atomic E-state index is 8.35. The number of rotatable bonds is 0. The Morgan fingerprint density at radius 1 is 1.19 bits per heavy atom. The predicted octanol–water partition coefficient (Wildman–Crippen LogP) is 2.24. The first-order valence-corrected chi connectivity index (χ1v) is 5.53. The first kappa shape index (κ1) is 12.3. The van der Waals surface area contributed by atoms with Gasteiger partial charge in [-0.1, -0.05) is 0 Å². The topological polar surface area (TPSA) is 97.4 Å². The van der Waals surface area contributed by atoms with Gasteiger partial charge in [-0.15, -0.1) is 0 Å². The van der Waals surface area contributed by atoms with E-state index < -0.39 is 0 Å². The van der Waals surface area contributed by atoms with Crippen molar-refractivity contribution in [3.05, 3.63) is 11.3 Å². The fraction of sp³-hybridized carbons (Fsp3) is 0.583. The van der Waals surface area contributed by atoms with Gasteiger partial charge in [-0.2, -0.15) is 10.5 Å². The molecule has 2 aliphatic rings. The lowest BCUT2D eigenvalue weighted by molar-refractivity contribution is 0.795. The van der Waals surface area contributed by atoms with E-state index in [-0.39, 0.29) is 5.92 Å². The Morgan fingerprint density at radius 2 is 1.94 bits per heavy atom. The second kappa shape index (κ2) is 5.92. The minimum absolute atomic E-state index is 0.0463. The third-order valence-corrected chi connectivity index (χ3v) is 2.91. The van der Waals surface area contributed by atoms with Gasteiger partial charge >= 0.3 is 0 Å². The van der Waals surface area contributed by atoms with Crippen molar-refractivity contribution in [3.8, 4) is 12.1 Å². The van der Waals surface area contributed by atoms with Gasteiger partial charge in [0.05, 0.1) is 18.1 Å². The molecule has 0 aromatic rings. The zero-order valence-electron chi connectivity index (χ0n) is 9.29. The molecule has 1 atom stereocenters. The first-order valence-electron chi connectivity index (χ1n) is 5.53. The molecule has 16 heavy (non-hydrogen) atoms. The van der Waals surface area contributed by atoms with Crippen LogP contribution >= 0.6 is 0 Å². The monoisotopic (exact) mass is 216 g/mol. The van der Waals surface area contributed by atoms with Crippen molar-refractivity contribution in [1.82, 2.24) is 0 Å². The smallest absolute Gasteiger partial charge is 0.0965 e. The van der Waals surface area contributed by atoms with Gasteiger partial charge in [0.1, 0.15) is 0 Å². The molecule has 0 bridgehead atoms. The van der Waals surface area contributed by atoms with Gasteiger partial charge < -0.3 is 11.1 Å². The highest BCUT2D eigenvalue weighted by atomic mass is 14.6. The van der Waals surface area contributed by atoms with Crippen LogP contribution in [0.5, 0.6) is 0 Å². The molecule has 0 heterocycles. The Hall–Kier alpha value is -1.81. The second-order valence-electron chi connectivity index (χ2n) is 4.07. The highest BCUT2D eigenvalue weighted by Gasteiger charge is 2.19. The minimum Gasteiger partial charge on any atom is -0.401 e. The Bertz CT molecular complexity index is 381. The number of nitrogens with one attached hydrogen (secondary N) is 1. The van der Waals surface area contributed by atoms with E-state index >= 15 is 0 Å². The zero-order chi connectivity index (χ0) is 12.0. The van der Waals surface area contributed by atoms with E-state index in [0.29, 0.717) is 5.71 Å².